The largest absolute Gasteiger partial charge is 0.496 e. The van der Waals surface area contributed by atoms with Gasteiger partial charge in [-0.15, -0.1) is 0 Å². The molecule has 4 rings (SSSR count). The van der Waals surface area contributed by atoms with Gasteiger partial charge in [-0.2, -0.15) is 0 Å². The molecule has 178 valence electrons. The molecular formula is C27H35NO5. The Morgan fingerprint density at radius 3 is 2.30 bits per heavy atom. The van der Waals surface area contributed by atoms with Crippen molar-refractivity contribution in [3.05, 3.63) is 59.2 Å². The van der Waals surface area contributed by atoms with Crippen molar-refractivity contribution in [2.24, 2.45) is 0 Å². The van der Waals surface area contributed by atoms with Crippen molar-refractivity contribution in [3.8, 4) is 11.5 Å². The highest BCUT2D eigenvalue weighted by molar-refractivity contribution is 5.95. The van der Waals surface area contributed by atoms with Crippen LogP contribution in [-0.2, 0) is 9.47 Å². The number of carbonyl (C=O) groups excluding carboxylic acids is 1. The van der Waals surface area contributed by atoms with Gasteiger partial charge in [0.1, 0.15) is 11.5 Å². The number of rotatable bonds is 6. The summed E-state index contributed by atoms with van der Waals surface area (Å²) in [5.41, 5.74) is 2.40. The van der Waals surface area contributed by atoms with Gasteiger partial charge in [0.15, 0.2) is 0 Å². The number of benzene rings is 2. The molecule has 2 aromatic rings. The first-order valence-electron chi connectivity index (χ1n) is 11.8. The van der Waals surface area contributed by atoms with Crippen LogP contribution in [0.15, 0.2) is 42.5 Å². The Bertz CT molecular complexity index is 927. The van der Waals surface area contributed by atoms with E-state index in [1.807, 2.05) is 24.8 Å². The van der Waals surface area contributed by atoms with Gasteiger partial charge in [0.2, 0.25) is 0 Å². The van der Waals surface area contributed by atoms with Crippen LogP contribution < -0.4 is 9.47 Å². The molecule has 2 aliphatic rings. The van der Waals surface area contributed by atoms with E-state index in [1.54, 1.807) is 26.4 Å². The van der Waals surface area contributed by atoms with E-state index in [0.29, 0.717) is 36.8 Å². The average Bonchev–Trinajstić information content (AvgIpc) is 2.85. The summed E-state index contributed by atoms with van der Waals surface area (Å²) in [4.78, 5) is 15.2. The van der Waals surface area contributed by atoms with E-state index < -0.39 is 0 Å². The van der Waals surface area contributed by atoms with Gasteiger partial charge >= 0.3 is 0 Å². The quantitative estimate of drug-likeness (QED) is 0.620. The van der Waals surface area contributed by atoms with Gasteiger partial charge in [-0.3, -0.25) is 4.79 Å². The second-order valence-corrected chi connectivity index (χ2v) is 9.02. The van der Waals surface area contributed by atoms with Gasteiger partial charge in [-0.1, -0.05) is 30.3 Å². The molecule has 0 radical (unpaired) electrons. The van der Waals surface area contributed by atoms with Gasteiger partial charge in [0.05, 0.1) is 32.0 Å². The van der Waals surface area contributed by atoms with E-state index in [4.69, 9.17) is 18.9 Å². The molecule has 0 N–H and O–H groups in total. The van der Waals surface area contributed by atoms with Crippen LogP contribution in [-0.4, -0.2) is 56.4 Å². The molecule has 2 saturated heterocycles. The van der Waals surface area contributed by atoms with Crippen LogP contribution in [0.2, 0.25) is 0 Å². The van der Waals surface area contributed by atoms with Gasteiger partial charge in [0.25, 0.3) is 5.91 Å². The second kappa shape index (κ2) is 10.1. The first-order chi connectivity index (χ1) is 16.0. The number of methoxy groups -OCH3 is 2. The summed E-state index contributed by atoms with van der Waals surface area (Å²) < 4.78 is 23.7. The van der Waals surface area contributed by atoms with Crippen LogP contribution in [0.25, 0.3) is 0 Å². The molecule has 2 fully saturated rings. The van der Waals surface area contributed by atoms with Crippen LogP contribution in [0, 0.1) is 6.92 Å². The summed E-state index contributed by atoms with van der Waals surface area (Å²) in [6.07, 6.45) is 3.52. The Kier molecular flexibility index (Phi) is 7.25. The topological polar surface area (TPSA) is 57.2 Å². The molecule has 2 aliphatic heterocycles. The fourth-order valence-electron chi connectivity index (χ4n) is 5.20. The van der Waals surface area contributed by atoms with Gasteiger partial charge < -0.3 is 23.8 Å². The SMILES string of the molecule is CCO[C@H]1C[C@@H](c2ccccc2)OC2(CCN(C(=O)c3cc(OC)c(C)c(OC)c3)CC2)C1. The van der Waals surface area contributed by atoms with Crippen molar-refractivity contribution >= 4 is 5.91 Å². The van der Waals surface area contributed by atoms with Crippen molar-refractivity contribution in [2.75, 3.05) is 33.9 Å². The molecule has 6 heteroatoms. The fraction of sp³-hybridized carbons (Fsp3) is 0.519. The molecular weight excluding hydrogens is 418 g/mol. The maximum Gasteiger partial charge on any atom is 0.254 e. The number of nitrogens with zero attached hydrogens (tertiary/aromatic N) is 1. The molecule has 2 heterocycles. The Hall–Kier alpha value is -2.57. The van der Waals surface area contributed by atoms with E-state index in [-0.39, 0.29) is 23.7 Å². The smallest absolute Gasteiger partial charge is 0.254 e. The summed E-state index contributed by atoms with van der Waals surface area (Å²) >= 11 is 0. The zero-order valence-corrected chi connectivity index (χ0v) is 20.1. The lowest BCUT2D eigenvalue weighted by atomic mass is 9.80. The van der Waals surface area contributed by atoms with Crippen LogP contribution in [0.3, 0.4) is 0 Å². The van der Waals surface area contributed by atoms with E-state index in [1.165, 1.54) is 5.56 Å². The van der Waals surface area contributed by atoms with Crippen molar-refractivity contribution in [1.29, 1.82) is 0 Å². The number of ether oxygens (including phenoxy) is 4. The zero-order valence-electron chi connectivity index (χ0n) is 20.1. The molecule has 1 amide bonds. The molecule has 6 nitrogen and oxygen atoms in total. The van der Waals surface area contributed by atoms with E-state index >= 15 is 0 Å². The highest BCUT2D eigenvalue weighted by atomic mass is 16.5. The average molecular weight is 454 g/mol. The molecule has 2 atom stereocenters. The maximum atomic E-state index is 13.3. The van der Waals surface area contributed by atoms with Crippen LogP contribution >= 0.6 is 0 Å². The van der Waals surface area contributed by atoms with Crippen LogP contribution in [0.4, 0.5) is 0 Å². The molecule has 1 spiro atoms. The van der Waals surface area contributed by atoms with E-state index in [0.717, 1.165) is 31.2 Å². The Labute approximate surface area is 196 Å². The van der Waals surface area contributed by atoms with Gasteiger partial charge in [-0.05, 0) is 44.4 Å². The third-order valence-electron chi connectivity index (χ3n) is 7.00. The summed E-state index contributed by atoms with van der Waals surface area (Å²) in [5.74, 6) is 1.32. The number of hydrogen-bond donors (Lipinski definition) is 0. The highest BCUT2D eigenvalue weighted by Crippen LogP contribution is 2.44. The molecule has 0 aliphatic carbocycles. The molecule has 0 unspecified atom stereocenters. The first kappa shape index (κ1) is 23.6. The Morgan fingerprint density at radius 2 is 1.73 bits per heavy atom. The highest BCUT2D eigenvalue weighted by Gasteiger charge is 2.45. The molecule has 0 aromatic heterocycles. The summed E-state index contributed by atoms with van der Waals surface area (Å²) in [7, 11) is 3.22. The second-order valence-electron chi connectivity index (χ2n) is 9.02. The minimum Gasteiger partial charge on any atom is -0.496 e. The third-order valence-corrected chi connectivity index (χ3v) is 7.00. The summed E-state index contributed by atoms with van der Waals surface area (Å²) in [6, 6.07) is 14.0. The maximum absolute atomic E-state index is 13.3. The lowest BCUT2D eigenvalue weighted by molar-refractivity contribution is -0.190. The van der Waals surface area contributed by atoms with Gasteiger partial charge in [0, 0.05) is 43.7 Å². The summed E-state index contributed by atoms with van der Waals surface area (Å²) in [5, 5.41) is 0. The molecule has 2 aromatic carbocycles. The Morgan fingerprint density at radius 1 is 1.09 bits per heavy atom. The Balaban J connectivity index is 1.49. The van der Waals surface area contributed by atoms with Gasteiger partial charge in [-0.25, -0.2) is 0 Å². The number of carbonyl (C=O) groups is 1. The monoisotopic (exact) mass is 453 g/mol. The standard InChI is InChI=1S/C27H35NO5/c1-5-32-22-17-25(20-9-7-6-8-10-20)33-27(18-22)11-13-28(14-12-27)26(29)21-15-23(30-3)19(2)24(16-21)31-4/h6-10,15-16,22,25H,5,11-14,17-18H2,1-4H3/t22-,25-/m0/s1. The van der Waals surface area contributed by atoms with Crippen LogP contribution in [0.1, 0.15) is 60.2 Å². The number of piperidine rings is 1. The number of amides is 1. The number of hydrogen-bond acceptors (Lipinski definition) is 5. The van der Waals surface area contributed by atoms with Crippen LogP contribution in [0.5, 0.6) is 11.5 Å². The van der Waals surface area contributed by atoms with Crippen molar-refractivity contribution in [1.82, 2.24) is 4.90 Å². The van der Waals surface area contributed by atoms with Crippen molar-refractivity contribution in [3.63, 3.8) is 0 Å². The van der Waals surface area contributed by atoms with E-state index in [9.17, 15) is 4.79 Å². The minimum atomic E-state index is -0.266. The first-order valence-corrected chi connectivity index (χ1v) is 11.8. The van der Waals surface area contributed by atoms with Crippen molar-refractivity contribution < 1.29 is 23.7 Å². The fourth-order valence-corrected chi connectivity index (χ4v) is 5.20. The third kappa shape index (κ3) is 5.02. The molecule has 0 saturated carbocycles. The lowest BCUT2D eigenvalue weighted by Gasteiger charge is -2.48. The van der Waals surface area contributed by atoms with Crippen molar-refractivity contribution in [2.45, 2.75) is 57.3 Å². The summed E-state index contributed by atoms with van der Waals surface area (Å²) in [6.45, 7) is 5.97. The normalized spacial score (nSPS) is 22.2. The predicted molar refractivity (Wildman–Crippen MR) is 127 cm³/mol. The molecule has 0 bridgehead atoms. The van der Waals surface area contributed by atoms with E-state index in [2.05, 4.69) is 24.3 Å². The lowest BCUT2D eigenvalue weighted by Crippen LogP contribution is -2.52. The predicted octanol–water partition coefficient (Wildman–Crippen LogP) is 4.94. The molecule has 33 heavy (non-hydrogen) atoms. The number of likely N-dealkylation sites (tertiary alicyclic amines) is 1. The zero-order chi connectivity index (χ0) is 23.4. The minimum absolute atomic E-state index is 0.00164.